The fourth-order valence-corrected chi connectivity index (χ4v) is 2.59. The number of aromatic nitrogens is 1. The average molecular weight is 275 g/mol. The van der Waals surface area contributed by atoms with E-state index in [-0.39, 0.29) is 11.9 Å². The van der Waals surface area contributed by atoms with Crippen LogP contribution in [0.25, 0.3) is 0 Å². The molecule has 19 heavy (non-hydrogen) atoms. The zero-order chi connectivity index (χ0) is 14.0. The highest BCUT2D eigenvalue weighted by Crippen LogP contribution is 2.19. The molecule has 4 nitrogen and oxygen atoms in total. The molecule has 5 heteroatoms. The van der Waals surface area contributed by atoms with Gasteiger partial charge in [0.15, 0.2) is 5.13 Å². The number of nitrogen functional groups attached to an aromatic ring is 1. The van der Waals surface area contributed by atoms with Gasteiger partial charge in [-0.25, -0.2) is 4.98 Å². The number of nitrogens with zero attached hydrogens (tertiary/aromatic N) is 1. The standard InChI is InChI=1S/C14H17N3OS/c1-8-4-5-11(9(2)6-8)10(3)16-13(18)12-7-19-14(15)17-12/h4-7,10H,1-3H3,(H2,15,17)(H,16,18). The van der Waals surface area contributed by atoms with E-state index in [9.17, 15) is 4.79 Å². The highest BCUT2D eigenvalue weighted by molar-refractivity contribution is 7.13. The first-order valence-electron chi connectivity index (χ1n) is 6.06. The van der Waals surface area contributed by atoms with E-state index in [1.54, 1.807) is 5.38 Å². The Labute approximate surface area is 116 Å². The number of anilines is 1. The molecular weight excluding hydrogens is 258 g/mol. The summed E-state index contributed by atoms with van der Waals surface area (Å²) in [5, 5.41) is 5.01. The Morgan fingerprint density at radius 1 is 1.42 bits per heavy atom. The average Bonchev–Trinajstić information content (AvgIpc) is 2.75. The van der Waals surface area contributed by atoms with E-state index in [1.165, 1.54) is 22.5 Å². The van der Waals surface area contributed by atoms with Crippen LogP contribution in [0.4, 0.5) is 5.13 Å². The number of amides is 1. The van der Waals surface area contributed by atoms with E-state index in [0.29, 0.717) is 10.8 Å². The summed E-state index contributed by atoms with van der Waals surface area (Å²) in [6.45, 7) is 6.06. The van der Waals surface area contributed by atoms with Crippen molar-refractivity contribution in [2.24, 2.45) is 0 Å². The molecular formula is C14H17N3OS. The second-order valence-electron chi connectivity index (χ2n) is 4.63. The molecule has 2 rings (SSSR count). The smallest absolute Gasteiger partial charge is 0.271 e. The van der Waals surface area contributed by atoms with Crippen LogP contribution >= 0.6 is 11.3 Å². The van der Waals surface area contributed by atoms with Gasteiger partial charge in [0.2, 0.25) is 0 Å². The van der Waals surface area contributed by atoms with Crippen LogP contribution < -0.4 is 11.1 Å². The number of thiazole rings is 1. The predicted octanol–water partition coefficient (Wildman–Crippen LogP) is 2.83. The Kier molecular flexibility index (Phi) is 3.85. The first kappa shape index (κ1) is 13.5. The van der Waals surface area contributed by atoms with E-state index in [4.69, 9.17) is 5.73 Å². The highest BCUT2D eigenvalue weighted by Gasteiger charge is 2.15. The van der Waals surface area contributed by atoms with Gasteiger partial charge in [-0.05, 0) is 31.9 Å². The van der Waals surface area contributed by atoms with Gasteiger partial charge in [-0.15, -0.1) is 11.3 Å². The number of rotatable bonds is 3. The highest BCUT2D eigenvalue weighted by atomic mass is 32.1. The SMILES string of the molecule is Cc1ccc(C(C)NC(=O)c2csc(N)n2)c(C)c1. The molecule has 0 saturated carbocycles. The van der Waals surface area contributed by atoms with Crippen molar-refractivity contribution < 1.29 is 4.79 Å². The van der Waals surface area contributed by atoms with Gasteiger partial charge in [-0.3, -0.25) is 4.79 Å². The Hall–Kier alpha value is -1.88. The van der Waals surface area contributed by atoms with Crippen molar-refractivity contribution in [2.75, 3.05) is 5.73 Å². The zero-order valence-electron chi connectivity index (χ0n) is 11.2. The molecule has 0 aliphatic rings. The lowest BCUT2D eigenvalue weighted by molar-refractivity contribution is 0.0935. The normalized spacial score (nSPS) is 12.2. The molecule has 1 unspecified atom stereocenters. The van der Waals surface area contributed by atoms with Crippen LogP contribution in [0, 0.1) is 13.8 Å². The lowest BCUT2D eigenvalue weighted by Crippen LogP contribution is -2.27. The maximum atomic E-state index is 12.0. The van der Waals surface area contributed by atoms with Crippen LogP contribution in [0.1, 0.15) is 40.1 Å². The number of hydrogen-bond acceptors (Lipinski definition) is 4. The van der Waals surface area contributed by atoms with Crippen LogP contribution in [0.15, 0.2) is 23.6 Å². The number of benzene rings is 1. The molecule has 1 aromatic carbocycles. The molecule has 0 saturated heterocycles. The first-order valence-corrected chi connectivity index (χ1v) is 6.94. The predicted molar refractivity (Wildman–Crippen MR) is 78.3 cm³/mol. The third kappa shape index (κ3) is 3.12. The number of nitrogens with two attached hydrogens (primary N) is 1. The number of carbonyl (C=O) groups excluding carboxylic acids is 1. The van der Waals surface area contributed by atoms with E-state index in [2.05, 4.69) is 23.3 Å². The summed E-state index contributed by atoms with van der Waals surface area (Å²) < 4.78 is 0. The summed E-state index contributed by atoms with van der Waals surface area (Å²) in [5.74, 6) is -0.194. The molecule has 0 fully saturated rings. The van der Waals surface area contributed by atoms with Gasteiger partial charge in [-0.2, -0.15) is 0 Å². The zero-order valence-corrected chi connectivity index (χ0v) is 12.0. The largest absolute Gasteiger partial charge is 0.375 e. The molecule has 1 aromatic heterocycles. The van der Waals surface area contributed by atoms with Gasteiger partial charge in [0.25, 0.3) is 5.91 Å². The molecule has 0 bridgehead atoms. The van der Waals surface area contributed by atoms with Crippen molar-refractivity contribution >= 4 is 22.4 Å². The van der Waals surface area contributed by atoms with Crippen LogP contribution in [-0.2, 0) is 0 Å². The van der Waals surface area contributed by atoms with Gasteiger partial charge < -0.3 is 11.1 Å². The van der Waals surface area contributed by atoms with Crippen molar-refractivity contribution in [2.45, 2.75) is 26.8 Å². The van der Waals surface area contributed by atoms with Crippen LogP contribution in [-0.4, -0.2) is 10.9 Å². The van der Waals surface area contributed by atoms with E-state index >= 15 is 0 Å². The minimum atomic E-state index is -0.194. The molecule has 3 N–H and O–H groups in total. The molecule has 0 spiro atoms. The number of nitrogens with one attached hydrogen (secondary N) is 1. The molecule has 1 atom stereocenters. The topological polar surface area (TPSA) is 68.0 Å². The minimum absolute atomic E-state index is 0.0592. The Bertz CT molecular complexity index is 606. The summed E-state index contributed by atoms with van der Waals surface area (Å²) in [5.41, 5.74) is 9.40. The molecule has 0 aliphatic carbocycles. The summed E-state index contributed by atoms with van der Waals surface area (Å²) in [4.78, 5) is 16.0. The molecule has 1 heterocycles. The summed E-state index contributed by atoms with van der Waals surface area (Å²) in [7, 11) is 0. The second-order valence-corrected chi connectivity index (χ2v) is 5.52. The van der Waals surface area contributed by atoms with Crippen molar-refractivity contribution in [3.63, 3.8) is 0 Å². The van der Waals surface area contributed by atoms with E-state index in [1.807, 2.05) is 26.0 Å². The molecule has 0 aliphatic heterocycles. The minimum Gasteiger partial charge on any atom is -0.375 e. The quantitative estimate of drug-likeness (QED) is 0.905. The van der Waals surface area contributed by atoms with Crippen LogP contribution in [0.3, 0.4) is 0 Å². The Balaban J connectivity index is 2.12. The van der Waals surface area contributed by atoms with Crippen molar-refractivity contribution in [3.8, 4) is 0 Å². The van der Waals surface area contributed by atoms with Gasteiger partial charge in [0, 0.05) is 5.38 Å². The summed E-state index contributed by atoms with van der Waals surface area (Å²) in [6, 6.07) is 6.14. The third-order valence-electron chi connectivity index (χ3n) is 2.99. The molecule has 0 radical (unpaired) electrons. The third-order valence-corrected chi connectivity index (χ3v) is 3.67. The molecule has 1 amide bonds. The van der Waals surface area contributed by atoms with Gasteiger partial charge in [0.05, 0.1) is 6.04 Å². The number of aryl methyl sites for hydroxylation is 2. The maximum absolute atomic E-state index is 12.0. The van der Waals surface area contributed by atoms with Crippen molar-refractivity contribution in [1.29, 1.82) is 0 Å². The fraction of sp³-hybridized carbons (Fsp3) is 0.286. The number of hydrogen-bond donors (Lipinski definition) is 2. The maximum Gasteiger partial charge on any atom is 0.271 e. The monoisotopic (exact) mass is 275 g/mol. The lowest BCUT2D eigenvalue weighted by Gasteiger charge is -2.16. The van der Waals surface area contributed by atoms with E-state index < -0.39 is 0 Å². The molecule has 100 valence electrons. The first-order chi connectivity index (χ1) is 8.97. The van der Waals surface area contributed by atoms with Crippen LogP contribution in [0.2, 0.25) is 0 Å². The summed E-state index contributed by atoms with van der Waals surface area (Å²) in [6.07, 6.45) is 0. The second kappa shape index (κ2) is 5.40. The van der Waals surface area contributed by atoms with Gasteiger partial charge in [0.1, 0.15) is 5.69 Å². The lowest BCUT2D eigenvalue weighted by atomic mass is 10.0. The van der Waals surface area contributed by atoms with E-state index in [0.717, 1.165) is 5.56 Å². The van der Waals surface area contributed by atoms with Crippen molar-refractivity contribution in [1.82, 2.24) is 10.3 Å². The Morgan fingerprint density at radius 2 is 2.16 bits per heavy atom. The summed E-state index contributed by atoms with van der Waals surface area (Å²) >= 11 is 1.27. The fourth-order valence-electron chi connectivity index (χ4n) is 2.05. The van der Waals surface area contributed by atoms with Crippen molar-refractivity contribution in [3.05, 3.63) is 46.0 Å². The van der Waals surface area contributed by atoms with Gasteiger partial charge >= 0.3 is 0 Å². The van der Waals surface area contributed by atoms with Gasteiger partial charge in [-0.1, -0.05) is 23.8 Å². The van der Waals surface area contributed by atoms with Crippen LogP contribution in [0.5, 0.6) is 0 Å². The Morgan fingerprint density at radius 3 is 2.74 bits per heavy atom. The molecule has 2 aromatic rings. The number of carbonyl (C=O) groups is 1.